The highest BCUT2D eigenvalue weighted by molar-refractivity contribution is 5.84. The van der Waals surface area contributed by atoms with Crippen LogP contribution in [0.25, 0.3) is 5.65 Å². The molecule has 2 atom stereocenters. The number of alkyl carbamates (subject to hydrolysis) is 1. The number of carbonyl (C=O) groups is 2. The maximum atomic E-state index is 12.5. The van der Waals surface area contributed by atoms with Gasteiger partial charge in [0.1, 0.15) is 18.5 Å². The number of amides is 2. The van der Waals surface area contributed by atoms with Gasteiger partial charge in [0.05, 0.1) is 18.9 Å². The van der Waals surface area contributed by atoms with Crippen molar-refractivity contribution < 1.29 is 19.1 Å². The van der Waals surface area contributed by atoms with E-state index in [2.05, 4.69) is 15.5 Å². The van der Waals surface area contributed by atoms with E-state index in [4.69, 9.17) is 15.2 Å². The van der Waals surface area contributed by atoms with Gasteiger partial charge in [0.2, 0.25) is 5.91 Å². The van der Waals surface area contributed by atoms with Crippen LogP contribution in [-0.2, 0) is 33.9 Å². The first-order chi connectivity index (χ1) is 17.5. The number of carbonyl (C=O) groups excluding carboxylic acids is 2. The number of nitrogens with zero attached hydrogens (tertiary/aromatic N) is 3. The lowest BCUT2D eigenvalue weighted by Crippen LogP contribution is -2.46. The summed E-state index contributed by atoms with van der Waals surface area (Å²) in [4.78, 5) is 24.4. The van der Waals surface area contributed by atoms with Gasteiger partial charge in [-0.25, -0.2) is 4.79 Å². The molecule has 4 aromatic rings. The van der Waals surface area contributed by atoms with Gasteiger partial charge in [0.15, 0.2) is 5.65 Å². The third-order valence-electron chi connectivity index (χ3n) is 5.72. The van der Waals surface area contributed by atoms with Crippen molar-refractivity contribution in [3.8, 4) is 0 Å². The minimum atomic E-state index is -0.886. The Morgan fingerprint density at radius 3 is 2.31 bits per heavy atom. The highest BCUT2D eigenvalue weighted by Gasteiger charge is 2.21. The fourth-order valence-corrected chi connectivity index (χ4v) is 3.86. The lowest BCUT2D eigenvalue weighted by molar-refractivity contribution is -0.119. The Bertz CT molecular complexity index is 1290. The molecular formula is C27H29N5O4. The van der Waals surface area contributed by atoms with Crippen molar-refractivity contribution in [1.29, 1.82) is 0 Å². The molecule has 3 N–H and O–H groups in total. The van der Waals surface area contributed by atoms with Crippen LogP contribution in [0.3, 0.4) is 0 Å². The number of nitrogens with two attached hydrogens (primary N) is 1. The SMILES string of the molecule is CC(COCc1ccccc1)c1nnc2cccc(COC(=O)N[C@H](Cc3ccccc3)C(N)=O)n12. The summed E-state index contributed by atoms with van der Waals surface area (Å²) in [5.41, 5.74) is 8.79. The normalized spacial score (nSPS) is 12.7. The number of ether oxygens (including phenoxy) is 2. The van der Waals surface area contributed by atoms with E-state index in [1.54, 1.807) is 0 Å². The molecule has 1 unspecified atom stereocenters. The molecule has 0 saturated heterocycles. The van der Waals surface area contributed by atoms with E-state index in [-0.39, 0.29) is 18.9 Å². The second-order valence-electron chi connectivity index (χ2n) is 8.54. The molecule has 9 nitrogen and oxygen atoms in total. The van der Waals surface area contributed by atoms with Crippen LogP contribution in [0.5, 0.6) is 0 Å². The summed E-state index contributed by atoms with van der Waals surface area (Å²) in [7, 11) is 0. The van der Waals surface area contributed by atoms with Crippen molar-refractivity contribution >= 4 is 17.6 Å². The van der Waals surface area contributed by atoms with Crippen molar-refractivity contribution in [2.75, 3.05) is 6.61 Å². The summed E-state index contributed by atoms with van der Waals surface area (Å²) in [6.45, 7) is 2.92. The van der Waals surface area contributed by atoms with E-state index in [9.17, 15) is 9.59 Å². The standard InChI is InChI=1S/C27H29N5O4/c1-19(16-35-17-21-11-6-3-7-12-21)26-31-30-24-14-8-13-22(32(24)26)18-36-27(34)29-23(25(28)33)15-20-9-4-2-5-10-20/h2-14,19,23H,15-18H2,1H3,(H2,28,33)(H,29,34)/t19?,23-/m1/s1. The second kappa shape index (κ2) is 11.9. The summed E-state index contributed by atoms with van der Waals surface area (Å²) >= 11 is 0. The molecule has 186 valence electrons. The molecule has 4 rings (SSSR count). The summed E-state index contributed by atoms with van der Waals surface area (Å²) < 4.78 is 13.2. The average Bonchev–Trinajstić information content (AvgIpc) is 3.33. The maximum absolute atomic E-state index is 12.5. The van der Waals surface area contributed by atoms with Crippen molar-refractivity contribution in [2.45, 2.75) is 38.5 Å². The molecule has 2 aromatic carbocycles. The summed E-state index contributed by atoms with van der Waals surface area (Å²) in [5, 5.41) is 11.2. The molecule has 9 heteroatoms. The van der Waals surface area contributed by atoms with Crippen LogP contribution in [0.1, 0.15) is 35.5 Å². The number of hydrogen-bond acceptors (Lipinski definition) is 6. The summed E-state index contributed by atoms with van der Waals surface area (Å²) in [5.74, 6) is 0.0175. The van der Waals surface area contributed by atoms with E-state index in [0.717, 1.165) is 11.1 Å². The third kappa shape index (κ3) is 6.45. The van der Waals surface area contributed by atoms with Crippen LogP contribution < -0.4 is 11.1 Å². The first-order valence-corrected chi connectivity index (χ1v) is 11.7. The van der Waals surface area contributed by atoms with Gasteiger partial charge in [-0.2, -0.15) is 0 Å². The van der Waals surface area contributed by atoms with Crippen LogP contribution >= 0.6 is 0 Å². The Morgan fingerprint density at radius 1 is 0.917 bits per heavy atom. The monoisotopic (exact) mass is 487 g/mol. The largest absolute Gasteiger partial charge is 0.443 e. The number of hydrogen-bond donors (Lipinski definition) is 2. The third-order valence-corrected chi connectivity index (χ3v) is 5.72. The molecule has 2 amide bonds. The highest BCUT2D eigenvalue weighted by Crippen LogP contribution is 2.18. The topological polar surface area (TPSA) is 121 Å². The lowest BCUT2D eigenvalue weighted by atomic mass is 10.1. The Labute approximate surface area is 209 Å². The van der Waals surface area contributed by atoms with E-state index >= 15 is 0 Å². The molecule has 36 heavy (non-hydrogen) atoms. The zero-order chi connectivity index (χ0) is 25.3. The molecule has 0 aliphatic rings. The van der Waals surface area contributed by atoms with Gasteiger partial charge < -0.3 is 20.5 Å². The predicted molar refractivity (Wildman–Crippen MR) is 134 cm³/mol. The van der Waals surface area contributed by atoms with Crippen LogP contribution in [-0.4, -0.2) is 39.2 Å². The van der Waals surface area contributed by atoms with Gasteiger partial charge in [-0.05, 0) is 23.3 Å². The minimum absolute atomic E-state index is 0.0391. The van der Waals surface area contributed by atoms with E-state index in [1.807, 2.05) is 90.2 Å². The zero-order valence-corrected chi connectivity index (χ0v) is 20.0. The first-order valence-electron chi connectivity index (χ1n) is 11.7. The molecule has 2 aromatic heterocycles. The van der Waals surface area contributed by atoms with Crippen molar-refractivity contribution in [1.82, 2.24) is 19.9 Å². The number of aromatic nitrogens is 3. The van der Waals surface area contributed by atoms with Gasteiger partial charge in [-0.3, -0.25) is 9.20 Å². The van der Waals surface area contributed by atoms with Crippen LogP contribution in [0.4, 0.5) is 4.79 Å². The van der Waals surface area contributed by atoms with Crippen LogP contribution in [0, 0.1) is 0 Å². The molecular weight excluding hydrogens is 458 g/mol. The Hall–Kier alpha value is -4.24. The molecule has 0 aliphatic carbocycles. The summed E-state index contributed by atoms with van der Waals surface area (Å²) in [6.07, 6.45) is -0.461. The number of rotatable bonds is 11. The van der Waals surface area contributed by atoms with Crippen molar-refractivity contribution in [3.05, 3.63) is 102 Å². The molecule has 0 aliphatic heterocycles. The molecule has 0 bridgehead atoms. The van der Waals surface area contributed by atoms with E-state index in [0.29, 0.717) is 30.4 Å². The van der Waals surface area contributed by atoms with E-state index < -0.39 is 18.0 Å². The number of fused-ring (bicyclic) bond motifs is 1. The van der Waals surface area contributed by atoms with Crippen molar-refractivity contribution in [2.24, 2.45) is 5.73 Å². The van der Waals surface area contributed by atoms with Gasteiger partial charge >= 0.3 is 6.09 Å². The van der Waals surface area contributed by atoms with Crippen LogP contribution in [0.15, 0.2) is 78.9 Å². The fourth-order valence-electron chi connectivity index (χ4n) is 3.86. The number of benzene rings is 2. The molecule has 2 heterocycles. The van der Waals surface area contributed by atoms with Crippen LogP contribution in [0.2, 0.25) is 0 Å². The first kappa shape index (κ1) is 24.9. The fraction of sp³-hybridized carbons (Fsp3) is 0.259. The molecule has 0 radical (unpaired) electrons. The number of pyridine rings is 1. The second-order valence-corrected chi connectivity index (χ2v) is 8.54. The Kier molecular flexibility index (Phi) is 8.25. The zero-order valence-electron chi connectivity index (χ0n) is 20.0. The van der Waals surface area contributed by atoms with Gasteiger partial charge in [0, 0.05) is 12.3 Å². The van der Waals surface area contributed by atoms with Gasteiger partial charge in [-0.1, -0.05) is 73.7 Å². The number of nitrogens with one attached hydrogen (secondary N) is 1. The minimum Gasteiger partial charge on any atom is -0.443 e. The Morgan fingerprint density at radius 2 is 1.61 bits per heavy atom. The quantitative estimate of drug-likeness (QED) is 0.335. The molecule has 0 fully saturated rings. The van der Waals surface area contributed by atoms with Gasteiger partial charge in [0.25, 0.3) is 0 Å². The van der Waals surface area contributed by atoms with Gasteiger partial charge in [-0.15, -0.1) is 10.2 Å². The van der Waals surface area contributed by atoms with Crippen molar-refractivity contribution in [3.63, 3.8) is 0 Å². The lowest BCUT2D eigenvalue weighted by Gasteiger charge is -2.16. The van der Waals surface area contributed by atoms with E-state index in [1.165, 1.54) is 0 Å². The predicted octanol–water partition coefficient (Wildman–Crippen LogP) is 3.37. The smallest absolute Gasteiger partial charge is 0.408 e. The Balaban J connectivity index is 1.38. The highest BCUT2D eigenvalue weighted by atomic mass is 16.5. The maximum Gasteiger partial charge on any atom is 0.408 e. The molecule has 0 saturated carbocycles. The number of primary amides is 1. The molecule has 0 spiro atoms. The summed E-state index contributed by atoms with van der Waals surface area (Å²) in [6, 6.07) is 23.9. The average molecular weight is 488 g/mol.